The average Bonchev–Trinajstić information content (AvgIpc) is 3.25. The predicted molar refractivity (Wildman–Crippen MR) is 117 cm³/mol. The number of ketones is 1. The minimum Gasteiger partial charge on any atom is -0.489 e. The summed E-state index contributed by atoms with van der Waals surface area (Å²) in [6, 6.07) is 6.33. The molecule has 1 aliphatic carbocycles. The van der Waals surface area contributed by atoms with E-state index in [0.29, 0.717) is 18.8 Å². The van der Waals surface area contributed by atoms with E-state index in [1.54, 1.807) is 13.0 Å². The molecule has 0 saturated heterocycles. The largest absolute Gasteiger partial charge is 0.489 e. The molecule has 3 rings (SSSR count). The summed E-state index contributed by atoms with van der Waals surface area (Å²) in [4.78, 5) is 23.9. The summed E-state index contributed by atoms with van der Waals surface area (Å²) < 4.78 is 11.1. The van der Waals surface area contributed by atoms with E-state index in [0.717, 1.165) is 30.6 Å². The van der Waals surface area contributed by atoms with Gasteiger partial charge in [0.15, 0.2) is 5.78 Å². The maximum absolute atomic E-state index is 12.5. The van der Waals surface area contributed by atoms with Gasteiger partial charge in [-0.3, -0.25) is 9.59 Å². The highest BCUT2D eigenvalue weighted by Crippen LogP contribution is 2.54. The van der Waals surface area contributed by atoms with Crippen LogP contribution in [0.3, 0.4) is 0 Å². The van der Waals surface area contributed by atoms with E-state index in [1.807, 2.05) is 6.92 Å². The molecule has 2 aliphatic rings. The number of aryl methyl sites for hydroxylation is 1. The van der Waals surface area contributed by atoms with Crippen molar-refractivity contribution in [2.45, 2.75) is 64.9 Å². The Balaban J connectivity index is 1.73. The number of hydrogen-bond acceptors (Lipinski definition) is 4. The monoisotopic (exact) mass is 408 g/mol. The van der Waals surface area contributed by atoms with E-state index >= 15 is 0 Å². The van der Waals surface area contributed by atoms with Crippen molar-refractivity contribution >= 4 is 11.8 Å². The van der Waals surface area contributed by atoms with Gasteiger partial charge in [0.1, 0.15) is 11.9 Å². The van der Waals surface area contributed by atoms with Gasteiger partial charge in [-0.05, 0) is 49.7 Å². The van der Waals surface area contributed by atoms with Crippen LogP contribution >= 0.6 is 0 Å². The number of methoxy groups -OCH3 is 1. The molecule has 0 bridgehead atoms. The molecule has 0 spiro atoms. The molecule has 0 unspecified atom stereocenters. The van der Waals surface area contributed by atoms with Gasteiger partial charge < -0.3 is 9.47 Å². The number of fused-ring (bicyclic) bond motifs is 3. The van der Waals surface area contributed by atoms with Crippen molar-refractivity contribution in [3.8, 4) is 17.6 Å². The Labute approximate surface area is 180 Å². The van der Waals surface area contributed by atoms with Crippen molar-refractivity contribution in [1.29, 1.82) is 0 Å². The van der Waals surface area contributed by atoms with E-state index in [9.17, 15) is 9.59 Å². The van der Waals surface area contributed by atoms with Gasteiger partial charge in [-0.25, -0.2) is 0 Å². The average molecular weight is 409 g/mol. The van der Waals surface area contributed by atoms with Gasteiger partial charge in [0.05, 0.1) is 7.11 Å². The number of benzene rings is 1. The van der Waals surface area contributed by atoms with Crippen LogP contribution < -0.4 is 4.74 Å². The first-order chi connectivity index (χ1) is 14.5. The molecule has 1 fully saturated rings. The molecule has 0 amide bonds. The molecule has 160 valence electrons. The number of carbonyl (C=O) groups excluding carboxylic acids is 2. The minimum absolute atomic E-state index is 0.0743. The van der Waals surface area contributed by atoms with Crippen LogP contribution in [-0.4, -0.2) is 25.0 Å². The zero-order valence-electron chi connectivity index (χ0n) is 18.4. The number of allylic oxidation sites excluding steroid dienone is 2. The normalized spacial score (nSPS) is 25.1. The molecule has 4 nitrogen and oxygen atoms in total. The SMILES string of the molecule is CC#CC[C@@H](C)C(=O)/C=C/[C@@H]1[C@H]2c3cccc(CCCC(=O)OC)c3O[C@H]2C[C@H]1C. The summed E-state index contributed by atoms with van der Waals surface area (Å²) in [6.45, 7) is 5.98. The molecule has 0 radical (unpaired) electrons. The number of ether oxygens (including phenoxy) is 2. The summed E-state index contributed by atoms with van der Waals surface area (Å²) in [6.07, 6.45) is 7.58. The third kappa shape index (κ3) is 4.78. The molecule has 0 N–H and O–H groups in total. The number of carbonyl (C=O) groups is 2. The summed E-state index contributed by atoms with van der Waals surface area (Å²) in [5.41, 5.74) is 2.40. The standard InChI is InChI=1S/C26H32O4/c1-5-6-9-17(2)22(27)15-14-20-18(3)16-23-25(20)21-12-7-10-19(26(21)30-23)11-8-13-24(28)29-4/h7,10,12,14-15,17-18,20,23,25H,8-9,11,13,16H2,1-4H3/b15-14+/t17-,18-,20+,23+,25+/m1/s1. The molecule has 0 aromatic heterocycles. The van der Waals surface area contributed by atoms with E-state index < -0.39 is 0 Å². The first-order valence-electron chi connectivity index (χ1n) is 10.9. The van der Waals surface area contributed by atoms with Crippen LogP contribution in [0, 0.1) is 29.6 Å². The van der Waals surface area contributed by atoms with Crippen LogP contribution in [0.5, 0.6) is 5.75 Å². The van der Waals surface area contributed by atoms with Crippen molar-refractivity contribution in [2.75, 3.05) is 7.11 Å². The molecular formula is C26H32O4. The Morgan fingerprint density at radius 2 is 2.17 bits per heavy atom. The fourth-order valence-electron chi connectivity index (χ4n) is 4.72. The smallest absolute Gasteiger partial charge is 0.305 e. The van der Waals surface area contributed by atoms with Crippen molar-refractivity contribution < 1.29 is 19.1 Å². The van der Waals surface area contributed by atoms with E-state index in [1.165, 1.54) is 12.7 Å². The third-order valence-corrected chi connectivity index (χ3v) is 6.44. The Kier molecular flexibility index (Phi) is 7.37. The fourth-order valence-corrected chi connectivity index (χ4v) is 4.72. The highest BCUT2D eigenvalue weighted by Gasteiger charge is 2.47. The highest BCUT2D eigenvalue weighted by molar-refractivity contribution is 5.91. The Hall–Kier alpha value is -2.54. The summed E-state index contributed by atoms with van der Waals surface area (Å²) >= 11 is 0. The number of rotatable bonds is 8. The van der Waals surface area contributed by atoms with Crippen LogP contribution in [0.25, 0.3) is 0 Å². The second kappa shape index (κ2) is 9.98. The topological polar surface area (TPSA) is 52.6 Å². The van der Waals surface area contributed by atoms with Gasteiger partial charge in [0.2, 0.25) is 0 Å². The van der Waals surface area contributed by atoms with Gasteiger partial charge in [-0.15, -0.1) is 11.8 Å². The van der Waals surface area contributed by atoms with Gasteiger partial charge in [0.25, 0.3) is 0 Å². The lowest BCUT2D eigenvalue weighted by molar-refractivity contribution is -0.140. The quantitative estimate of drug-likeness (QED) is 0.350. The zero-order chi connectivity index (χ0) is 21.7. The Morgan fingerprint density at radius 1 is 1.37 bits per heavy atom. The summed E-state index contributed by atoms with van der Waals surface area (Å²) in [7, 11) is 1.42. The molecule has 1 aliphatic heterocycles. The maximum Gasteiger partial charge on any atom is 0.305 e. The molecule has 1 saturated carbocycles. The molecule has 5 atom stereocenters. The Bertz CT molecular complexity index is 873. The van der Waals surface area contributed by atoms with Crippen molar-refractivity contribution in [3.63, 3.8) is 0 Å². The van der Waals surface area contributed by atoms with E-state index in [2.05, 4.69) is 43.0 Å². The third-order valence-electron chi connectivity index (χ3n) is 6.44. The van der Waals surface area contributed by atoms with Gasteiger partial charge in [0, 0.05) is 30.2 Å². The molecular weight excluding hydrogens is 376 g/mol. The van der Waals surface area contributed by atoms with Crippen LogP contribution in [-0.2, 0) is 20.7 Å². The predicted octanol–water partition coefficient (Wildman–Crippen LogP) is 4.86. The van der Waals surface area contributed by atoms with Gasteiger partial charge >= 0.3 is 5.97 Å². The lowest BCUT2D eigenvalue weighted by atomic mass is 9.84. The van der Waals surface area contributed by atoms with Gasteiger partial charge in [-0.2, -0.15) is 0 Å². The van der Waals surface area contributed by atoms with E-state index in [4.69, 9.17) is 9.47 Å². The van der Waals surface area contributed by atoms with E-state index in [-0.39, 0.29) is 35.6 Å². The number of para-hydroxylation sites is 1. The van der Waals surface area contributed by atoms with Crippen LogP contribution in [0.2, 0.25) is 0 Å². The van der Waals surface area contributed by atoms with Crippen LogP contribution in [0.15, 0.2) is 30.4 Å². The second-order valence-electron chi connectivity index (χ2n) is 8.53. The molecule has 30 heavy (non-hydrogen) atoms. The molecule has 1 heterocycles. The summed E-state index contributed by atoms with van der Waals surface area (Å²) in [5.74, 6) is 7.77. The Morgan fingerprint density at radius 3 is 2.90 bits per heavy atom. The highest BCUT2D eigenvalue weighted by atomic mass is 16.5. The van der Waals surface area contributed by atoms with Crippen LogP contribution in [0.4, 0.5) is 0 Å². The second-order valence-corrected chi connectivity index (χ2v) is 8.53. The minimum atomic E-state index is -0.178. The lowest BCUT2D eigenvalue weighted by Gasteiger charge is -2.18. The maximum atomic E-state index is 12.5. The number of esters is 1. The van der Waals surface area contributed by atoms with Crippen molar-refractivity contribution in [2.24, 2.45) is 17.8 Å². The van der Waals surface area contributed by atoms with Gasteiger partial charge in [-0.1, -0.05) is 38.1 Å². The van der Waals surface area contributed by atoms with Crippen LogP contribution in [0.1, 0.15) is 63.5 Å². The first-order valence-corrected chi connectivity index (χ1v) is 10.9. The fraction of sp³-hybridized carbons (Fsp3) is 0.538. The summed E-state index contributed by atoms with van der Waals surface area (Å²) in [5, 5.41) is 0. The first kappa shape index (κ1) is 22.2. The molecule has 1 aromatic carbocycles. The van der Waals surface area contributed by atoms with Crippen molar-refractivity contribution in [3.05, 3.63) is 41.5 Å². The number of hydrogen-bond donors (Lipinski definition) is 0. The molecule has 4 heteroatoms. The lowest BCUT2D eigenvalue weighted by Crippen LogP contribution is -2.15. The van der Waals surface area contributed by atoms with Crippen molar-refractivity contribution in [1.82, 2.24) is 0 Å². The molecule has 1 aromatic rings. The zero-order valence-corrected chi connectivity index (χ0v) is 18.4.